The van der Waals surface area contributed by atoms with Crippen molar-refractivity contribution in [3.05, 3.63) is 48.0 Å². The molecule has 31 heavy (non-hydrogen) atoms. The number of carbonyl (C=O) groups excluding carboxylic acids is 1. The fourth-order valence-electron chi connectivity index (χ4n) is 3.58. The molecule has 4 rings (SSSR count). The van der Waals surface area contributed by atoms with Crippen LogP contribution in [0.15, 0.2) is 41.1 Å². The molecule has 1 aromatic carbocycles. The second kappa shape index (κ2) is 9.03. The van der Waals surface area contributed by atoms with Gasteiger partial charge in [0.15, 0.2) is 11.5 Å². The Hall–Kier alpha value is -3.62. The Bertz CT molecular complexity index is 1040. The average Bonchev–Trinajstić information content (AvgIpc) is 3.25. The number of ether oxygens (including phenoxy) is 2. The summed E-state index contributed by atoms with van der Waals surface area (Å²) < 4.78 is 15.6. The predicted octanol–water partition coefficient (Wildman–Crippen LogP) is 2.35. The number of anilines is 1. The normalized spacial score (nSPS) is 13.9. The molecule has 0 saturated carbocycles. The van der Waals surface area contributed by atoms with Crippen LogP contribution in [0.5, 0.6) is 11.5 Å². The molecular formula is C22H25N5O4. The van der Waals surface area contributed by atoms with Gasteiger partial charge in [-0.15, -0.1) is 0 Å². The number of nitrogens with zero attached hydrogens (tertiary/aromatic N) is 5. The number of aryl methyl sites for hydroxylation is 1. The van der Waals surface area contributed by atoms with Crippen LogP contribution in [0.2, 0.25) is 0 Å². The standard InChI is InChI=1S/C22H25N5O4/c1-15-24-22(25-31-15)17-5-7-20(23-14-17)26-8-10-27(11-9-26)21(28)13-16-4-6-18(29-2)19(12-16)30-3/h4-7,12,14H,8-11,13H2,1-3H3. The quantitative estimate of drug-likeness (QED) is 0.596. The number of rotatable bonds is 6. The molecule has 9 heteroatoms. The molecule has 0 atom stereocenters. The number of benzene rings is 1. The van der Waals surface area contributed by atoms with E-state index in [0.717, 1.165) is 30.0 Å². The highest BCUT2D eigenvalue weighted by Crippen LogP contribution is 2.28. The van der Waals surface area contributed by atoms with Crippen LogP contribution in [-0.4, -0.2) is 66.3 Å². The third kappa shape index (κ3) is 4.60. The molecule has 1 fully saturated rings. The summed E-state index contributed by atoms with van der Waals surface area (Å²) >= 11 is 0. The third-order valence-corrected chi connectivity index (χ3v) is 5.29. The molecule has 2 aromatic heterocycles. The SMILES string of the molecule is COc1ccc(CC(=O)N2CCN(c3ccc(-c4noc(C)n4)cn3)CC2)cc1OC. The van der Waals surface area contributed by atoms with E-state index in [2.05, 4.69) is 20.0 Å². The van der Waals surface area contributed by atoms with Crippen LogP contribution in [0.25, 0.3) is 11.4 Å². The van der Waals surface area contributed by atoms with Gasteiger partial charge in [-0.3, -0.25) is 4.79 Å². The van der Waals surface area contributed by atoms with Gasteiger partial charge in [-0.05, 0) is 29.8 Å². The Morgan fingerprint density at radius 3 is 2.45 bits per heavy atom. The van der Waals surface area contributed by atoms with Crippen molar-refractivity contribution in [3.8, 4) is 22.9 Å². The maximum atomic E-state index is 12.8. The van der Waals surface area contributed by atoms with Gasteiger partial charge >= 0.3 is 0 Å². The lowest BCUT2D eigenvalue weighted by atomic mass is 10.1. The number of hydrogen-bond donors (Lipinski definition) is 0. The minimum Gasteiger partial charge on any atom is -0.493 e. The molecule has 0 spiro atoms. The summed E-state index contributed by atoms with van der Waals surface area (Å²) in [5, 5.41) is 3.91. The van der Waals surface area contributed by atoms with Crippen LogP contribution < -0.4 is 14.4 Å². The highest BCUT2D eigenvalue weighted by atomic mass is 16.5. The minimum absolute atomic E-state index is 0.0997. The molecule has 9 nitrogen and oxygen atoms in total. The second-order valence-corrected chi connectivity index (χ2v) is 7.28. The fourth-order valence-corrected chi connectivity index (χ4v) is 3.58. The highest BCUT2D eigenvalue weighted by Gasteiger charge is 2.22. The molecule has 0 bridgehead atoms. The van der Waals surface area contributed by atoms with Crippen molar-refractivity contribution in [2.45, 2.75) is 13.3 Å². The van der Waals surface area contributed by atoms with Crippen LogP contribution in [0.1, 0.15) is 11.5 Å². The lowest BCUT2D eigenvalue weighted by Gasteiger charge is -2.35. The summed E-state index contributed by atoms with van der Waals surface area (Å²) in [6.45, 7) is 4.51. The maximum Gasteiger partial charge on any atom is 0.227 e. The molecule has 162 valence electrons. The number of methoxy groups -OCH3 is 2. The van der Waals surface area contributed by atoms with Gasteiger partial charge in [0.25, 0.3) is 0 Å². The van der Waals surface area contributed by atoms with Crippen molar-refractivity contribution < 1.29 is 18.8 Å². The number of pyridine rings is 1. The molecule has 0 unspecified atom stereocenters. The predicted molar refractivity (Wildman–Crippen MR) is 114 cm³/mol. The van der Waals surface area contributed by atoms with E-state index < -0.39 is 0 Å². The van der Waals surface area contributed by atoms with Gasteiger partial charge in [-0.1, -0.05) is 11.2 Å². The van der Waals surface area contributed by atoms with Crippen LogP contribution in [0.3, 0.4) is 0 Å². The number of piperazine rings is 1. The van der Waals surface area contributed by atoms with Gasteiger partial charge in [0.1, 0.15) is 5.82 Å². The van der Waals surface area contributed by atoms with E-state index in [1.807, 2.05) is 35.2 Å². The highest BCUT2D eigenvalue weighted by molar-refractivity contribution is 5.79. The van der Waals surface area contributed by atoms with E-state index >= 15 is 0 Å². The number of carbonyl (C=O) groups is 1. The van der Waals surface area contributed by atoms with Gasteiger partial charge in [-0.25, -0.2) is 4.98 Å². The zero-order valence-corrected chi connectivity index (χ0v) is 17.9. The Morgan fingerprint density at radius 1 is 1.06 bits per heavy atom. The molecule has 1 amide bonds. The zero-order chi connectivity index (χ0) is 21.8. The van der Waals surface area contributed by atoms with Crippen LogP contribution in [-0.2, 0) is 11.2 Å². The molecule has 3 aromatic rings. The summed E-state index contributed by atoms with van der Waals surface area (Å²) in [5.41, 5.74) is 1.71. The zero-order valence-electron chi connectivity index (χ0n) is 17.9. The lowest BCUT2D eigenvalue weighted by Crippen LogP contribution is -2.49. The van der Waals surface area contributed by atoms with Crippen molar-refractivity contribution in [2.75, 3.05) is 45.3 Å². The smallest absolute Gasteiger partial charge is 0.227 e. The first-order valence-electron chi connectivity index (χ1n) is 10.1. The van der Waals surface area contributed by atoms with Crippen molar-refractivity contribution in [2.24, 2.45) is 0 Å². The molecule has 0 aliphatic carbocycles. The van der Waals surface area contributed by atoms with E-state index in [0.29, 0.717) is 42.7 Å². The van der Waals surface area contributed by atoms with E-state index in [1.54, 1.807) is 27.3 Å². The van der Waals surface area contributed by atoms with E-state index in [4.69, 9.17) is 14.0 Å². The second-order valence-electron chi connectivity index (χ2n) is 7.28. The van der Waals surface area contributed by atoms with Gasteiger partial charge in [0.2, 0.25) is 17.6 Å². The summed E-state index contributed by atoms with van der Waals surface area (Å²) in [6, 6.07) is 9.45. The third-order valence-electron chi connectivity index (χ3n) is 5.29. The number of hydrogen-bond acceptors (Lipinski definition) is 8. The maximum absolute atomic E-state index is 12.8. The van der Waals surface area contributed by atoms with Gasteiger partial charge in [-0.2, -0.15) is 4.98 Å². The van der Waals surface area contributed by atoms with Gasteiger partial charge < -0.3 is 23.8 Å². The fraction of sp³-hybridized carbons (Fsp3) is 0.364. The Labute approximate surface area is 180 Å². The van der Waals surface area contributed by atoms with Gasteiger partial charge in [0.05, 0.1) is 20.6 Å². The van der Waals surface area contributed by atoms with E-state index in [1.165, 1.54) is 0 Å². The number of aromatic nitrogens is 3. The van der Waals surface area contributed by atoms with Crippen molar-refractivity contribution >= 4 is 11.7 Å². The molecule has 1 aliphatic heterocycles. The molecule has 1 saturated heterocycles. The van der Waals surface area contributed by atoms with Crippen LogP contribution in [0.4, 0.5) is 5.82 Å². The monoisotopic (exact) mass is 423 g/mol. The van der Waals surface area contributed by atoms with Gasteiger partial charge in [0, 0.05) is 44.9 Å². The van der Waals surface area contributed by atoms with E-state index in [9.17, 15) is 4.79 Å². The Balaban J connectivity index is 1.33. The molecular weight excluding hydrogens is 398 g/mol. The summed E-state index contributed by atoms with van der Waals surface area (Å²) in [7, 11) is 3.18. The Morgan fingerprint density at radius 2 is 1.84 bits per heavy atom. The topological polar surface area (TPSA) is 93.8 Å². The van der Waals surface area contributed by atoms with Crippen molar-refractivity contribution in [1.82, 2.24) is 20.0 Å². The van der Waals surface area contributed by atoms with Crippen LogP contribution in [0, 0.1) is 6.92 Å². The summed E-state index contributed by atoms with van der Waals surface area (Å²) in [6.07, 6.45) is 2.08. The first-order valence-corrected chi connectivity index (χ1v) is 10.1. The summed E-state index contributed by atoms with van der Waals surface area (Å²) in [4.78, 5) is 25.6. The average molecular weight is 423 g/mol. The first-order chi connectivity index (χ1) is 15.1. The largest absolute Gasteiger partial charge is 0.493 e. The summed E-state index contributed by atoms with van der Waals surface area (Å²) in [5.74, 6) is 3.30. The van der Waals surface area contributed by atoms with Crippen molar-refractivity contribution in [1.29, 1.82) is 0 Å². The lowest BCUT2D eigenvalue weighted by molar-refractivity contribution is -0.130. The molecule has 3 heterocycles. The number of amides is 1. The van der Waals surface area contributed by atoms with E-state index in [-0.39, 0.29) is 5.91 Å². The first kappa shape index (κ1) is 20.6. The molecule has 0 radical (unpaired) electrons. The Kier molecular flexibility index (Phi) is 6.01. The van der Waals surface area contributed by atoms with Crippen molar-refractivity contribution in [3.63, 3.8) is 0 Å². The van der Waals surface area contributed by atoms with Crippen LogP contribution >= 0.6 is 0 Å². The molecule has 1 aliphatic rings. The molecule has 0 N–H and O–H groups in total. The minimum atomic E-state index is 0.0997.